The number of carbonyl (C=O) groups excluding carboxylic acids is 1. The van der Waals surface area contributed by atoms with Crippen LogP contribution in [0, 0.1) is 19.8 Å². The number of hydrogen-bond donors (Lipinski definition) is 0. The van der Waals surface area contributed by atoms with E-state index in [1.165, 1.54) is 0 Å². The highest BCUT2D eigenvalue weighted by atomic mass is 16.5. The third-order valence-electron chi connectivity index (χ3n) is 4.48. The van der Waals surface area contributed by atoms with Crippen molar-refractivity contribution in [1.29, 1.82) is 0 Å². The summed E-state index contributed by atoms with van der Waals surface area (Å²) < 4.78 is 5.23. The maximum Gasteiger partial charge on any atom is 0.219 e. The van der Waals surface area contributed by atoms with Gasteiger partial charge in [-0.25, -0.2) is 9.97 Å². The monoisotopic (exact) mass is 314 g/mol. The van der Waals surface area contributed by atoms with Gasteiger partial charge in [0.1, 0.15) is 12.1 Å². The highest BCUT2D eigenvalue weighted by Crippen LogP contribution is 2.26. The second kappa shape index (κ2) is 6.48. The molecule has 0 N–H and O–H groups in total. The van der Waals surface area contributed by atoms with Gasteiger partial charge in [-0.15, -0.1) is 0 Å². The first-order valence-corrected chi connectivity index (χ1v) is 8.04. The number of amides is 1. The van der Waals surface area contributed by atoms with Crippen LogP contribution in [0.1, 0.15) is 36.9 Å². The molecule has 1 aliphatic rings. The minimum atomic E-state index is 0.161. The molecule has 2 aromatic heterocycles. The zero-order valence-electron chi connectivity index (χ0n) is 13.9. The maximum absolute atomic E-state index is 11.6. The third kappa shape index (κ3) is 3.41. The van der Waals surface area contributed by atoms with E-state index >= 15 is 0 Å². The van der Waals surface area contributed by atoms with Crippen LogP contribution in [0.5, 0.6) is 0 Å². The van der Waals surface area contributed by atoms with Gasteiger partial charge in [0.15, 0.2) is 0 Å². The number of piperidine rings is 1. The Hall–Kier alpha value is -2.24. The van der Waals surface area contributed by atoms with Gasteiger partial charge in [0.25, 0.3) is 0 Å². The summed E-state index contributed by atoms with van der Waals surface area (Å²) in [5.74, 6) is 1.39. The van der Waals surface area contributed by atoms with Gasteiger partial charge in [0, 0.05) is 25.7 Å². The summed E-state index contributed by atoms with van der Waals surface area (Å²) in [6.07, 6.45) is 4.66. The van der Waals surface area contributed by atoms with E-state index in [2.05, 4.69) is 15.1 Å². The van der Waals surface area contributed by atoms with E-state index in [9.17, 15) is 4.79 Å². The largest absolute Gasteiger partial charge is 0.361 e. The molecule has 1 fully saturated rings. The van der Waals surface area contributed by atoms with Crippen molar-refractivity contribution < 1.29 is 9.32 Å². The lowest BCUT2D eigenvalue weighted by molar-refractivity contribution is -0.130. The van der Waals surface area contributed by atoms with Crippen molar-refractivity contribution in [3.63, 3.8) is 0 Å². The Kier molecular flexibility index (Phi) is 4.41. The van der Waals surface area contributed by atoms with E-state index in [0.29, 0.717) is 5.92 Å². The van der Waals surface area contributed by atoms with Crippen LogP contribution in [-0.2, 0) is 11.2 Å². The average Bonchev–Trinajstić information content (AvgIpc) is 2.87. The van der Waals surface area contributed by atoms with Crippen molar-refractivity contribution >= 4 is 5.91 Å². The van der Waals surface area contributed by atoms with E-state index in [1.807, 2.05) is 24.8 Å². The molecule has 1 aliphatic heterocycles. The van der Waals surface area contributed by atoms with Crippen LogP contribution in [0.4, 0.5) is 0 Å². The van der Waals surface area contributed by atoms with E-state index in [0.717, 1.165) is 60.8 Å². The van der Waals surface area contributed by atoms with Crippen molar-refractivity contribution in [2.24, 2.45) is 5.92 Å². The summed E-state index contributed by atoms with van der Waals surface area (Å²) in [4.78, 5) is 22.3. The molecule has 0 saturated carbocycles. The predicted octanol–water partition coefficient (Wildman–Crippen LogP) is 2.55. The lowest BCUT2D eigenvalue weighted by Crippen LogP contribution is -2.39. The number of aromatic nitrogens is 3. The first-order valence-electron chi connectivity index (χ1n) is 8.04. The second-order valence-corrected chi connectivity index (χ2v) is 6.27. The summed E-state index contributed by atoms with van der Waals surface area (Å²) >= 11 is 0. The van der Waals surface area contributed by atoms with Gasteiger partial charge >= 0.3 is 0 Å². The molecule has 23 heavy (non-hydrogen) atoms. The quantitative estimate of drug-likeness (QED) is 0.870. The third-order valence-corrected chi connectivity index (χ3v) is 4.48. The molecule has 3 heterocycles. The van der Waals surface area contributed by atoms with Gasteiger partial charge in [-0.2, -0.15) is 0 Å². The zero-order valence-corrected chi connectivity index (χ0v) is 13.9. The van der Waals surface area contributed by atoms with Gasteiger partial charge in [-0.3, -0.25) is 4.79 Å². The van der Waals surface area contributed by atoms with Crippen LogP contribution in [0.2, 0.25) is 0 Å². The Balaban J connectivity index is 1.77. The summed E-state index contributed by atoms with van der Waals surface area (Å²) in [6.45, 7) is 7.14. The molecule has 1 unspecified atom stereocenters. The SMILES string of the molecule is CC(=O)N1CCCC(Cc2cc(-c3c(C)noc3C)ncn2)C1. The van der Waals surface area contributed by atoms with E-state index in [-0.39, 0.29) is 5.91 Å². The molecular formula is C17H22N4O2. The molecule has 1 amide bonds. The minimum Gasteiger partial charge on any atom is -0.361 e. The maximum atomic E-state index is 11.6. The smallest absolute Gasteiger partial charge is 0.219 e. The highest BCUT2D eigenvalue weighted by molar-refractivity contribution is 5.73. The number of likely N-dealkylation sites (tertiary alicyclic amines) is 1. The molecule has 0 aromatic carbocycles. The minimum absolute atomic E-state index is 0.161. The predicted molar refractivity (Wildman–Crippen MR) is 85.7 cm³/mol. The van der Waals surface area contributed by atoms with Gasteiger partial charge in [-0.1, -0.05) is 5.16 Å². The fourth-order valence-electron chi connectivity index (χ4n) is 3.31. The lowest BCUT2D eigenvalue weighted by Gasteiger charge is -2.31. The van der Waals surface area contributed by atoms with Gasteiger partial charge in [0.05, 0.1) is 17.0 Å². The summed E-state index contributed by atoms with van der Waals surface area (Å²) in [6, 6.07) is 2.01. The van der Waals surface area contributed by atoms with Crippen molar-refractivity contribution in [2.45, 2.75) is 40.0 Å². The molecule has 6 nitrogen and oxygen atoms in total. The van der Waals surface area contributed by atoms with E-state index in [4.69, 9.17) is 4.52 Å². The van der Waals surface area contributed by atoms with Gasteiger partial charge in [0.2, 0.25) is 5.91 Å². The standard InChI is InChI=1S/C17H22N4O2/c1-11-17(12(2)23-20-11)16-8-15(18-10-19-16)7-14-5-4-6-21(9-14)13(3)22/h8,10,14H,4-7,9H2,1-3H3. The van der Waals surface area contributed by atoms with Crippen LogP contribution >= 0.6 is 0 Å². The molecule has 0 bridgehead atoms. The molecule has 0 spiro atoms. The fourth-order valence-corrected chi connectivity index (χ4v) is 3.31. The number of nitrogens with zero attached hydrogens (tertiary/aromatic N) is 4. The topological polar surface area (TPSA) is 72.1 Å². The molecule has 1 atom stereocenters. The molecule has 122 valence electrons. The molecule has 1 saturated heterocycles. The number of hydrogen-bond acceptors (Lipinski definition) is 5. The second-order valence-electron chi connectivity index (χ2n) is 6.27. The van der Waals surface area contributed by atoms with Crippen LogP contribution < -0.4 is 0 Å². The molecular weight excluding hydrogens is 292 g/mol. The van der Waals surface area contributed by atoms with Crippen molar-refractivity contribution in [3.8, 4) is 11.3 Å². The Morgan fingerprint density at radius 2 is 2.22 bits per heavy atom. The first kappa shape index (κ1) is 15.6. The van der Waals surface area contributed by atoms with Crippen molar-refractivity contribution in [1.82, 2.24) is 20.0 Å². The molecule has 6 heteroatoms. The van der Waals surface area contributed by atoms with Crippen LogP contribution in [0.15, 0.2) is 16.9 Å². The summed E-state index contributed by atoms with van der Waals surface area (Å²) in [7, 11) is 0. The van der Waals surface area contributed by atoms with Gasteiger partial charge < -0.3 is 9.42 Å². The van der Waals surface area contributed by atoms with Gasteiger partial charge in [-0.05, 0) is 45.1 Å². The number of aryl methyl sites for hydroxylation is 2. The van der Waals surface area contributed by atoms with Crippen LogP contribution in [-0.4, -0.2) is 39.0 Å². The zero-order chi connectivity index (χ0) is 16.4. The lowest BCUT2D eigenvalue weighted by atomic mass is 9.93. The van der Waals surface area contributed by atoms with Crippen LogP contribution in [0.25, 0.3) is 11.3 Å². The normalized spacial score (nSPS) is 18.2. The molecule has 0 radical (unpaired) electrons. The van der Waals surface area contributed by atoms with E-state index < -0.39 is 0 Å². The van der Waals surface area contributed by atoms with Crippen molar-refractivity contribution in [2.75, 3.05) is 13.1 Å². The molecule has 2 aromatic rings. The Labute approximate surface area is 135 Å². The highest BCUT2D eigenvalue weighted by Gasteiger charge is 2.22. The number of carbonyl (C=O) groups is 1. The summed E-state index contributed by atoms with van der Waals surface area (Å²) in [5.41, 5.74) is 3.64. The van der Waals surface area contributed by atoms with Crippen molar-refractivity contribution in [3.05, 3.63) is 29.5 Å². The van der Waals surface area contributed by atoms with E-state index in [1.54, 1.807) is 13.3 Å². The summed E-state index contributed by atoms with van der Waals surface area (Å²) in [5, 5.41) is 3.99. The van der Waals surface area contributed by atoms with Crippen LogP contribution in [0.3, 0.4) is 0 Å². The number of rotatable bonds is 3. The fraction of sp³-hybridized carbons (Fsp3) is 0.529. The first-order chi connectivity index (χ1) is 11.0. The average molecular weight is 314 g/mol. The molecule has 3 rings (SSSR count). The molecule has 0 aliphatic carbocycles. The Bertz CT molecular complexity index is 691. The Morgan fingerprint density at radius 1 is 1.39 bits per heavy atom. The Morgan fingerprint density at radius 3 is 2.91 bits per heavy atom.